The summed E-state index contributed by atoms with van der Waals surface area (Å²) in [4.78, 5) is 11.4. The van der Waals surface area contributed by atoms with Crippen molar-refractivity contribution < 1.29 is 15.0 Å². The van der Waals surface area contributed by atoms with E-state index in [2.05, 4.69) is 43.4 Å². The van der Waals surface area contributed by atoms with Crippen LogP contribution in [-0.4, -0.2) is 29.3 Å². The third kappa shape index (κ3) is 6.51. The summed E-state index contributed by atoms with van der Waals surface area (Å²) >= 11 is 0. The zero-order valence-corrected chi connectivity index (χ0v) is 18.2. The van der Waals surface area contributed by atoms with E-state index >= 15 is 0 Å². The first-order chi connectivity index (χ1) is 14.9. The lowest BCUT2D eigenvalue weighted by molar-refractivity contribution is 0.0696. The van der Waals surface area contributed by atoms with Crippen molar-refractivity contribution in [3.05, 3.63) is 95.1 Å². The number of carboxylic acids is 1. The summed E-state index contributed by atoms with van der Waals surface area (Å²) in [6.45, 7) is 5.59. The van der Waals surface area contributed by atoms with Crippen LogP contribution in [0.4, 0.5) is 0 Å². The molecule has 0 bridgehead atoms. The first-order valence-electron chi connectivity index (χ1n) is 10.8. The topological polar surface area (TPSA) is 69.6 Å². The standard InChI is InChI=1S/C27H31NO3/c1-19(2)16-24-17-23(27(30)31)12-13-25(24)21-10-8-20(9-11-21)14-15-28-18-26(29)22-6-4-3-5-7-22/h3-13,17,19,26,28-29H,14-16,18H2,1-2H3,(H,30,31)/t26-/m1/s1. The fraction of sp³-hybridized carbons (Fsp3) is 0.296. The van der Waals surface area contributed by atoms with Crippen molar-refractivity contribution in [2.24, 2.45) is 5.92 Å². The molecule has 0 spiro atoms. The van der Waals surface area contributed by atoms with Crippen molar-refractivity contribution in [3.8, 4) is 11.1 Å². The molecular weight excluding hydrogens is 386 g/mol. The van der Waals surface area contributed by atoms with Crippen molar-refractivity contribution in [2.75, 3.05) is 13.1 Å². The molecule has 3 rings (SSSR count). The Labute approximate surface area is 184 Å². The van der Waals surface area contributed by atoms with E-state index in [1.807, 2.05) is 36.4 Å². The molecule has 0 saturated heterocycles. The van der Waals surface area contributed by atoms with E-state index in [0.717, 1.165) is 41.6 Å². The van der Waals surface area contributed by atoms with E-state index in [4.69, 9.17) is 0 Å². The van der Waals surface area contributed by atoms with Crippen molar-refractivity contribution in [1.29, 1.82) is 0 Å². The van der Waals surface area contributed by atoms with Crippen LogP contribution in [0.5, 0.6) is 0 Å². The summed E-state index contributed by atoms with van der Waals surface area (Å²) in [5.41, 5.74) is 5.74. The lowest BCUT2D eigenvalue weighted by atomic mass is 9.91. The summed E-state index contributed by atoms with van der Waals surface area (Å²) in [5.74, 6) is -0.448. The zero-order chi connectivity index (χ0) is 22.2. The average Bonchev–Trinajstić information content (AvgIpc) is 2.77. The van der Waals surface area contributed by atoms with Gasteiger partial charge in [-0.1, -0.05) is 74.5 Å². The second-order valence-corrected chi connectivity index (χ2v) is 8.35. The van der Waals surface area contributed by atoms with Crippen molar-refractivity contribution >= 4 is 5.97 Å². The van der Waals surface area contributed by atoms with Gasteiger partial charge in [-0.15, -0.1) is 0 Å². The number of aliphatic hydroxyl groups is 1. The molecule has 4 heteroatoms. The van der Waals surface area contributed by atoms with Gasteiger partial charge in [0.05, 0.1) is 11.7 Å². The lowest BCUT2D eigenvalue weighted by Crippen LogP contribution is -2.23. The van der Waals surface area contributed by atoms with E-state index in [0.29, 0.717) is 18.0 Å². The van der Waals surface area contributed by atoms with Crippen LogP contribution in [0.2, 0.25) is 0 Å². The number of aliphatic hydroxyl groups excluding tert-OH is 1. The summed E-state index contributed by atoms with van der Waals surface area (Å²) in [5, 5.41) is 22.9. The van der Waals surface area contributed by atoms with Gasteiger partial charge in [0.25, 0.3) is 0 Å². The van der Waals surface area contributed by atoms with Crippen molar-refractivity contribution in [2.45, 2.75) is 32.8 Å². The molecule has 3 N–H and O–H groups in total. The molecule has 0 radical (unpaired) electrons. The third-order valence-electron chi connectivity index (χ3n) is 5.36. The number of nitrogens with one attached hydrogen (secondary N) is 1. The first kappa shape index (κ1) is 22.7. The molecule has 0 aromatic heterocycles. The Balaban J connectivity index is 1.60. The monoisotopic (exact) mass is 417 g/mol. The van der Waals surface area contributed by atoms with Crippen LogP contribution in [0.3, 0.4) is 0 Å². The molecule has 31 heavy (non-hydrogen) atoms. The molecule has 0 fully saturated rings. The molecule has 162 valence electrons. The van der Waals surface area contributed by atoms with Crippen LogP contribution in [0, 0.1) is 5.92 Å². The number of hydrogen-bond donors (Lipinski definition) is 3. The van der Waals surface area contributed by atoms with E-state index in [-0.39, 0.29) is 0 Å². The Hall–Kier alpha value is -2.95. The van der Waals surface area contributed by atoms with E-state index < -0.39 is 12.1 Å². The number of hydrogen-bond acceptors (Lipinski definition) is 3. The Morgan fingerprint density at radius 2 is 1.68 bits per heavy atom. The van der Waals surface area contributed by atoms with Crippen LogP contribution in [-0.2, 0) is 12.8 Å². The highest BCUT2D eigenvalue weighted by molar-refractivity contribution is 5.89. The Morgan fingerprint density at radius 1 is 0.968 bits per heavy atom. The Morgan fingerprint density at radius 3 is 2.32 bits per heavy atom. The molecule has 0 aliphatic rings. The van der Waals surface area contributed by atoms with Gasteiger partial charge in [0.1, 0.15) is 0 Å². The largest absolute Gasteiger partial charge is 0.478 e. The number of carbonyl (C=O) groups is 1. The number of rotatable bonds is 10. The van der Waals surface area contributed by atoms with E-state index in [1.54, 1.807) is 12.1 Å². The zero-order valence-electron chi connectivity index (χ0n) is 18.2. The summed E-state index contributed by atoms with van der Waals surface area (Å²) < 4.78 is 0. The van der Waals surface area contributed by atoms with Crippen LogP contribution in [0.15, 0.2) is 72.8 Å². The highest BCUT2D eigenvalue weighted by Crippen LogP contribution is 2.27. The summed E-state index contributed by atoms with van der Waals surface area (Å²) in [6, 6.07) is 23.5. The number of carboxylic acid groups (broad SMARTS) is 1. The minimum absolute atomic E-state index is 0.333. The predicted octanol–water partition coefficient (Wildman–Crippen LogP) is 5.12. The highest BCUT2D eigenvalue weighted by Gasteiger charge is 2.12. The lowest BCUT2D eigenvalue weighted by Gasteiger charge is -2.14. The SMILES string of the molecule is CC(C)Cc1cc(C(=O)O)ccc1-c1ccc(CCNC[C@@H](O)c2ccccc2)cc1. The second-order valence-electron chi connectivity index (χ2n) is 8.35. The van der Waals surface area contributed by atoms with E-state index in [1.165, 1.54) is 5.56 Å². The molecule has 0 aliphatic heterocycles. The summed E-state index contributed by atoms with van der Waals surface area (Å²) in [7, 11) is 0. The van der Waals surface area contributed by atoms with E-state index in [9.17, 15) is 15.0 Å². The van der Waals surface area contributed by atoms with Crippen molar-refractivity contribution in [3.63, 3.8) is 0 Å². The number of aromatic carboxylic acids is 1. The Kier molecular flexibility index (Phi) is 7.99. The molecule has 1 atom stereocenters. The minimum atomic E-state index is -0.892. The maximum atomic E-state index is 11.4. The molecule has 0 aliphatic carbocycles. The molecule has 3 aromatic rings. The number of benzene rings is 3. The first-order valence-corrected chi connectivity index (χ1v) is 10.8. The van der Waals surface area contributed by atoms with Gasteiger partial charge in [-0.2, -0.15) is 0 Å². The molecule has 0 heterocycles. The van der Waals surface area contributed by atoms with Gasteiger partial charge in [-0.05, 0) is 65.3 Å². The van der Waals surface area contributed by atoms with Crippen molar-refractivity contribution in [1.82, 2.24) is 5.32 Å². The van der Waals surface area contributed by atoms with Gasteiger partial charge in [-0.3, -0.25) is 0 Å². The fourth-order valence-corrected chi connectivity index (χ4v) is 3.73. The van der Waals surface area contributed by atoms with Gasteiger partial charge in [0.15, 0.2) is 0 Å². The molecule has 4 nitrogen and oxygen atoms in total. The molecule has 0 amide bonds. The molecule has 0 saturated carbocycles. The van der Waals surface area contributed by atoms with Crippen LogP contribution < -0.4 is 5.32 Å². The quantitative estimate of drug-likeness (QED) is 0.401. The molecule has 3 aromatic carbocycles. The highest BCUT2D eigenvalue weighted by atomic mass is 16.4. The fourth-order valence-electron chi connectivity index (χ4n) is 3.73. The van der Waals surface area contributed by atoms with Gasteiger partial charge in [0, 0.05) is 6.54 Å². The Bertz CT molecular complexity index is 981. The van der Waals surface area contributed by atoms with Gasteiger partial charge in [-0.25, -0.2) is 4.79 Å². The summed E-state index contributed by atoms with van der Waals surface area (Å²) in [6.07, 6.45) is 1.21. The molecule has 0 unspecified atom stereocenters. The smallest absolute Gasteiger partial charge is 0.335 e. The molecular formula is C27H31NO3. The van der Waals surface area contributed by atoms with Gasteiger partial charge in [0.2, 0.25) is 0 Å². The predicted molar refractivity (Wildman–Crippen MR) is 125 cm³/mol. The van der Waals surface area contributed by atoms with Gasteiger partial charge < -0.3 is 15.5 Å². The van der Waals surface area contributed by atoms with Crippen LogP contribution in [0.1, 0.15) is 47.0 Å². The van der Waals surface area contributed by atoms with Gasteiger partial charge >= 0.3 is 5.97 Å². The second kappa shape index (κ2) is 10.9. The van der Waals surface area contributed by atoms with Crippen LogP contribution >= 0.6 is 0 Å². The third-order valence-corrected chi connectivity index (χ3v) is 5.36. The van der Waals surface area contributed by atoms with Crippen LogP contribution in [0.25, 0.3) is 11.1 Å². The normalized spacial score (nSPS) is 12.1. The minimum Gasteiger partial charge on any atom is -0.478 e. The maximum Gasteiger partial charge on any atom is 0.335 e. The maximum absolute atomic E-state index is 11.4. The average molecular weight is 418 g/mol.